The van der Waals surface area contributed by atoms with Crippen molar-refractivity contribution in [3.05, 3.63) is 18.3 Å². The van der Waals surface area contributed by atoms with E-state index in [1.807, 2.05) is 12.3 Å². The third-order valence-corrected chi connectivity index (χ3v) is 2.10. The van der Waals surface area contributed by atoms with Gasteiger partial charge < -0.3 is 0 Å². The topological polar surface area (TPSA) is 15.8 Å². The van der Waals surface area contributed by atoms with Crippen LogP contribution in [0.3, 0.4) is 0 Å². The Hall–Kier alpha value is 0.722. The molecule has 0 aliphatic carbocycles. The average Bonchev–Trinajstić information content (AvgIpc) is 1.86. The molecule has 0 aliphatic rings. The van der Waals surface area contributed by atoms with E-state index in [1.54, 1.807) is 0 Å². The van der Waals surface area contributed by atoms with Crippen LogP contribution in [0.25, 0.3) is 0 Å². The fourth-order valence-electron chi connectivity index (χ4n) is 0.344. The molecule has 1 aromatic rings. The Morgan fingerprint density at radius 3 is 2.67 bits per heavy atom. The number of aromatic amines is 1. The summed E-state index contributed by atoms with van der Waals surface area (Å²) in [4.78, 5) is 3.08. The summed E-state index contributed by atoms with van der Waals surface area (Å²) in [5.41, 5.74) is 0. The molecular formula is C4H4AcN. The number of hydrogen-bond donors (Lipinski definition) is 1. The van der Waals surface area contributed by atoms with Gasteiger partial charge >= 0.3 is 66.1 Å². The Morgan fingerprint density at radius 1 is 1.67 bits per heavy atom. The van der Waals surface area contributed by atoms with E-state index < -0.39 is 0 Å². The minimum absolute atomic E-state index is 0.822. The Balaban J connectivity index is 3.05. The Morgan fingerprint density at radius 2 is 2.50 bits per heavy atom. The average molecular weight is 293 g/mol. The zero-order valence-electron chi connectivity index (χ0n) is 3.31. The molecular weight excluding hydrogens is 289 g/mol. The molecule has 0 saturated heterocycles. The van der Waals surface area contributed by atoms with E-state index in [0.717, 1.165) is 41.9 Å². The van der Waals surface area contributed by atoms with Crippen molar-refractivity contribution in [1.82, 2.24) is 4.98 Å². The molecule has 0 amide bonds. The molecule has 28 valence electrons. The van der Waals surface area contributed by atoms with Gasteiger partial charge in [0.1, 0.15) is 0 Å². The predicted molar refractivity (Wildman–Crippen MR) is 20.4 cm³/mol. The van der Waals surface area contributed by atoms with Crippen LogP contribution in [0.2, 0.25) is 0 Å². The van der Waals surface area contributed by atoms with Crippen LogP contribution in [0.15, 0.2) is 18.3 Å². The van der Waals surface area contributed by atoms with Crippen LogP contribution in [0.1, 0.15) is 0 Å². The van der Waals surface area contributed by atoms with Gasteiger partial charge in [-0.25, -0.2) is 0 Å². The third-order valence-electron chi connectivity index (χ3n) is 0.622. The van der Waals surface area contributed by atoms with Crippen molar-refractivity contribution in [1.29, 1.82) is 0 Å². The summed E-state index contributed by atoms with van der Waals surface area (Å²) in [5.74, 6) is 0. The van der Waals surface area contributed by atoms with Crippen LogP contribution >= 0.6 is 0 Å². The van der Waals surface area contributed by atoms with Crippen LogP contribution < -0.4 is 0.873 Å². The Bertz CT molecular complexity index is 111. The van der Waals surface area contributed by atoms with Gasteiger partial charge in [-0.2, -0.15) is 0 Å². The van der Waals surface area contributed by atoms with Gasteiger partial charge in [-0.1, -0.05) is 0 Å². The first kappa shape index (κ1) is 4.87. The third kappa shape index (κ3) is 1.10. The number of rotatable bonds is 0. The van der Waals surface area contributed by atoms with Crippen molar-refractivity contribution < 1.29 is 41.9 Å². The molecule has 0 aliphatic heterocycles. The summed E-state index contributed by atoms with van der Waals surface area (Å²) < 4.78 is 1.41. The monoisotopic (exact) mass is 293 g/mol. The van der Waals surface area contributed by atoms with E-state index in [2.05, 4.69) is 11.1 Å². The first-order valence-corrected chi connectivity index (χ1v) is 4.16. The van der Waals surface area contributed by atoms with Crippen molar-refractivity contribution in [2.45, 2.75) is 0 Å². The molecule has 0 unspecified atom stereocenters. The maximum absolute atomic E-state index is 3.08. The standard InChI is InChI=1S/C4H4N.Ac/c1-2-4-5-3-1;/h1-3,5H;. The maximum atomic E-state index is 3.08. The number of aromatic nitrogens is 1. The van der Waals surface area contributed by atoms with Crippen molar-refractivity contribution >= 4 is 0.873 Å². The number of nitrogens with one attached hydrogen (secondary N) is 1. The van der Waals surface area contributed by atoms with Crippen LogP contribution in [-0.2, 0) is 0 Å². The van der Waals surface area contributed by atoms with E-state index in [-0.39, 0.29) is 0 Å². The van der Waals surface area contributed by atoms with E-state index in [1.165, 1.54) is 0.873 Å². The fourth-order valence-corrected chi connectivity index (χ4v) is 1.20. The summed E-state index contributed by atoms with van der Waals surface area (Å²) >= 11 is 0.822. The molecule has 1 heterocycles. The normalized spacial score (nSPS) is 9.00. The van der Waals surface area contributed by atoms with Crippen molar-refractivity contribution in [2.75, 3.05) is 0 Å². The van der Waals surface area contributed by atoms with Gasteiger partial charge in [0, 0.05) is 0 Å². The van der Waals surface area contributed by atoms with Gasteiger partial charge in [-0.05, 0) is 0 Å². The molecule has 0 fully saturated rings. The van der Waals surface area contributed by atoms with E-state index in [9.17, 15) is 0 Å². The van der Waals surface area contributed by atoms with Crippen LogP contribution in [-0.4, -0.2) is 4.98 Å². The van der Waals surface area contributed by atoms with Crippen molar-refractivity contribution in [2.24, 2.45) is 0 Å². The quantitative estimate of drug-likeness (QED) is 0.703. The first-order valence-electron chi connectivity index (χ1n) is 1.78. The molecule has 0 bridgehead atoms. The molecule has 1 nitrogen and oxygen atoms in total. The molecule has 1 rings (SSSR count). The molecule has 0 radical (unpaired) electrons. The summed E-state index contributed by atoms with van der Waals surface area (Å²) in [6, 6.07) is 4.14. The number of H-pyrrole nitrogens is 1. The van der Waals surface area contributed by atoms with Gasteiger partial charge in [-0.3, -0.25) is 0 Å². The van der Waals surface area contributed by atoms with Crippen molar-refractivity contribution in [3.63, 3.8) is 0 Å². The van der Waals surface area contributed by atoms with Gasteiger partial charge in [0.25, 0.3) is 0 Å². The van der Waals surface area contributed by atoms with Crippen molar-refractivity contribution in [3.8, 4) is 0 Å². The first-order chi connectivity index (χ1) is 2.89. The second-order valence-corrected chi connectivity index (χ2v) is 3.68. The molecule has 0 aromatic carbocycles. The Labute approximate surface area is 65.2 Å². The summed E-state index contributed by atoms with van der Waals surface area (Å²) in [7, 11) is 0. The molecule has 1 aromatic heterocycles. The predicted octanol–water partition coefficient (Wildman–Crippen LogP) is 0.189. The second-order valence-electron chi connectivity index (χ2n) is 1.13. The zero-order valence-corrected chi connectivity index (χ0v) is 8.05. The summed E-state index contributed by atoms with van der Waals surface area (Å²) in [6.45, 7) is 0. The summed E-state index contributed by atoms with van der Waals surface area (Å²) in [6.07, 6.45) is 1.96. The fraction of sp³-hybridized carbons (Fsp3) is 0. The molecule has 6 heavy (non-hydrogen) atoms. The Kier molecular flexibility index (Phi) is 1.74. The van der Waals surface area contributed by atoms with E-state index >= 15 is 0 Å². The molecule has 0 atom stereocenters. The second kappa shape index (κ2) is 2.14. The van der Waals surface area contributed by atoms with Crippen LogP contribution in [0.4, 0.5) is 0 Å². The van der Waals surface area contributed by atoms with Gasteiger partial charge in [0.2, 0.25) is 0 Å². The molecule has 0 spiro atoms. The molecule has 2 heteroatoms. The SMILES string of the molecule is [Ac][c]1ccc[nH]1. The van der Waals surface area contributed by atoms with Crippen LogP contribution in [0.5, 0.6) is 0 Å². The van der Waals surface area contributed by atoms with Crippen LogP contribution in [0, 0.1) is 41.9 Å². The van der Waals surface area contributed by atoms with Gasteiger partial charge in [-0.15, -0.1) is 0 Å². The summed E-state index contributed by atoms with van der Waals surface area (Å²) in [5, 5.41) is 0. The molecule has 1 N–H and O–H groups in total. The molecule has 0 saturated carbocycles. The minimum atomic E-state index is 0.822. The number of hydrogen-bond acceptors (Lipinski definition) is 0. The van der Waals surface area contributed by atoms with Gasteiger partial charge in [0.15, 0.2) is 0 Å². The zero-order chi connectivity index (χ0) is 4.41. The van der Waals surface area contributed by atoms with E-state index in [0.29, 0.717) is 0 Å². The van der Waals surface area contributed by atoms with Gasteiger partial charge in [0.05, 0.1) is 0 Å². The van der Waals surface area contributed by atoms with E-state index in [4.69, 9.17) is 0 Å².